The Labute approximate surface area is 89.5 Å². The highest BCUT2D eigenvalue weighted by molar-refractivity contribution is 7.78. The number of rotatable bonds is 7. The third kappa shape index (κ3) is 4.13. The minimum absolute atomic E-state index is 0.294. The van der Waals surface area contributed by atoms with Crippen molar-refractivity contribution < 1.29 is 14.3 Å². The topological polar surface area (TPSA) is 37.3 Å². The Morgan fingerprint density at radius 3 is 2.57 bits per heavy atom. The fourth-order valence-corrected chi connectivity index (χ4v) is 1.21. The summed E-state index contributed by atoms with van der Waals surface area (Å²) in [5.74, 6) is -1.08. The fourth-order valence-electron chi connectivity index (χ4n) is 1.05. The minimum Gasteiger partial charge on any atom is -0.481 e. The summed E-state index contributed by atoms with van der Waals surface area (Å²) in [5.41, 5.74) is -1.28. The number of alkyl halides is 1. The highest BCUT2D eigenvalue weighted by Crippen LogP contribution is 2.27. The van der Waals surface area contributed by atoms with Crippen LogP contribution in [0, 0.1) is 5.41 Å². The van der Waals surface area contributed by atoms with Crippen LogP contribution in [0.1, 0.15) is 39.5 Å². The van der Waals surface area contributed by atoms with Crippen molar-refractivity contribution in [2.75, 3.05) is 0 Å². The van der Waals surface area contributed by atoms with Crippen LogP contribution in [0.4, 0.5) is 4.39 Å². The summed E-state index contributed by atoms with van der Waals surface area (Å²) in [6.45, 7) is 2.83. The molecule has 2 nitrogen and oxygen atoms in total. The van der Waals surface area contributed by atoms with Gasteiger partial charge in [0.2, 0.25) is 0 Å². The molecule has 0 aromatic heterocycles. The van der Waals surface area contributed by atoms with Gasteiger partial charge in [-0.1, -0.05) is 18.6 Å². The molecule has 4 heteroatoms. The zero-order valence-electron chi connectivity index (χ0n) is 8.62. The van der Waals surface area contributed by atoms with Crippen molar-refractivity contribution in [1.29, 1.82) is 0 Å². The van der Waals surface area contributed by atoms with E-state index < -0.39 is 17.6 Å². The molecule has 0 heterocycles. The molecule has 0 aliphatic carbocycles. The summed E-state index contributed by atoms with van der Waals surface area (Å²) >= 11 is 4.63. The SMILES string of the molecule is CC(C)(C(=O)O)C(F)CCCCC=S. The Hall–Kier alpha value is -0.510. The van der Waals surface area contributed by atoms with Crippen LogP contribution in [0.2, 0.25) is 0 Å². The van der Waals surface area contributed by atoms with Gasteiger partial charge in [-0.05, 0) is 38.5 Å². The summed E-state index contributed by atoms with van der Waals surface area (Å²) in [6, 6.07) is 0. The van der Waals surface area contributed by atoms with Crippen LogP contribution < -0.4 is 0 Å². The van der Waals surface area contributed by atoms with E-state index in [9.17, 15) is 9.18 Å². The first-order valence-electron chi connectivity index (χ1n) is 4.74. The molecule has 0 aliphatic heterocycles. The molecule has 0 saturated heterocycles. The lowest BCUT2D eigenvalue weighted by Crippen LogP contribution is -2.34. The van der Waals surface area contributed by atoms with E-state index in [-0.39, 0.29) is 0 Å². The predicted octanol–water partition coefficient (Wildman–Crippen LogP) is 3.00. The Morgan fingerprint density at radius 1 is 1.57 bits per heavy atom. The van der Waals surface area contributed by atoms with Gasteiger partial charge >= 0.3 is 5.97 Å². The monoisotopic (exact) mass is 220 g/mol. The van der Waals surface area contributed by atoms with Crippen molar-refractivity contribution in [2.24, 2.45) is 5.41 Å². The van der Waals surface area contributed by atoms with Crippen molar-refractivity contribution in [1.82, 2.24) is 0 Å². The van der Waals surface area contributed by atoms with Crippen LogP contribution in [0.3, 0.4) is 0 Å². The smallest absolute Gasteiger partial charge is 0.312 e. The Morgan fingerprint density at radius 2 is 2.14 bits per heavy atom. The molecule has 1 unspecified atom stereocenters. The van der Waals surface area contributed by atoms with Crippen LogP contribution in [-0.4, -0.2) is 22.6 Å². The third-order valence-electron chi connectivity index (χ3n) is 2.36. The number of carbonyl (C=O) groups is 1. The number of thiocarbonyl (C=S) groups is 1. The molecule has 0 spiro atoms. The molecule has 0 aromatic carbocycles. The fraction of sp³-hybridized carbons (Fsp3) is 0.800. The molecule has 0 rings (SSSR count). The van der Waals surface area contributed by atoms with Gasteiger partial charge in [0.15, 0.2) is 0 Å². The summed E-state index contributed by atoms with van der Waals surface area (Å²) in [7, 11) is 0. The minimum atomic E-state index is -1.29. The van der Waals surface area contributed by atoms with Crippen molar-refractivity contribution in [3.8, 4) is 0 Å². The van der Waals surface area contributed by atoms with E-state index in [2.05, 4.69) is 12.2 Å². The van der Waals surface area contributed by atoms with Gasteiger partial charge in [-0.15, -0.1) is 0 Å². The van der Waals surface area contributed by atoms with Gasteiger partial charge in [-0.3, -0.25) is 4.79 Å². The number of unbranched alkanes of at least 4 members (excludes halogenated alkanes) is 2. The van der Waals surface area contributed by atoms with E-state index in [0.29, 0.717) is 12.8 Å². The molecule has 0 radical (unpaired) electrons. The molecule has 14 heavy (non-hydrogen) atoms. The molecule has 1 N–H and O–H groups in total. The average molecular weight is 220 g/mol. The molecule has 0 aromatic rings. The maximum Gasteiger partial charge on any atom is 0.312 e. The van der Waals surface area contributed by atoms with Crippen LogP contribution in [0.15, 0.2) is 0 Å². The molecular formula is C10H17FO2S. The van der Waals surface area contributed by atoms with Crippen molar-refractivity contribution in [3.63, 3.8) is 0 Å². The van der Waals surface area contributed by atoms with Crippen molar-refractivity contribution in [2.45, 2.75) is 45.7 Å². The summed E-state index contributed by atoms with van der Waals surface area (Å²) in [4.78, 5) is 10.7. The zero-order chi connectivity index (χ0) is 11.2. The van der Waals surface area contributed by atoms with Crippen LogP contribution in [0.5, 0.6) is 0 Å². The maximum atomic E-state index is 13.4. The van der Waals surface area contributed by atoms with Gasteiger partial charge in [0, 0.05) is 0 Å². The predicted molar refractivity (Wildman–Crippen MR) is 58.4 cm³/mol. The number of aliphatic carboxylic acids is 1. The first-order chi connectivity index (χ1) is 6.42. The second-order valence-corrected chi connectivity index (χ2v) is 4.28. The molecule has 0 fully saturated rings. The molecule has 82 valence electrons. The lowest BCUT2D eigenvalue weighted by atomic mass is 9.85. The highest BCUT2D eigenvalue weighted by Gasteiger charge is 2.36. The molecule has 0 aliphatic rings. The third-order valence-corrected chi connectivity index (χ3v) is 2.60. The van der Waals surface area contributed by atoms with Gasteiger partial charge < -0.3 is 5.11 Å². The number of hydrogen-bond acceptors (Lipinski definition) is 2. The van der Waals surface area contributed by atoms with E-state index in [1.54, 1.807) is 5.37 Å². The quantitative estimate of drug-likeness (QED) is 0.529. The molecule has 0 saturated carbocycles. The van der Waals surface area contributed by atoms with Gasteiger partial charge in [-0.25, -0.2) is 4.39 Å². The van der Waals surface area contributed by atoms with Gasteiger partial charge in [0.1, 0.15) is 6.17 Å². The number of hydrogen-bond donors (Lipinski definition) is 1. The zero-order valence-corrected chi connectivity index (χ0v) is 9.44. The second kappa shape index (κ2) is 6.06. The normalized spacial score (nSPS) is 13.6. The largest absolute Gasteiger partial charge is 0.481 e. The standard InChI is InChI=1S/C10H17FO2S/c1-10(2,9(12)13)8(11)6-4-3-5-7-14/h7-8H,3-6H2,1-2H3,(H,12,13). The van der Waals surface area contributed by atoms with Crippen molar-refractivity contribution in [3.05, 3.63) is 0 Å². The van der Waals surface area contributed by atoms with Crippen LogP contribution >= 0.6 is 12.2 Å². The Balaban J connectivity index is 3.88. The number of carboxylic acids is 1. The Kier molecular flexibility index (Phi) is 5.84. The van der Waals surface area contributed by atoms with Crippen LogP contribution in [-0.2, 0) is 4.79 Å². The molecule has 0 amide bonds. The summed E-state index contributed by atoms with van der Waals surface area (Å²) in [5, 5.41) is 10.4. The van der Waals surface area contributed by atoms with E-state index in [1.807, 2.05) is 0 Å². The van der Waals surface area contributed by atoms with Crippen molar-refractivity contribution >= 4 is 23.6 Å². The average Bonchev–Trinajstić information content (AvgIpc) is 2.11. The van der Waals surface area contributed by atoms with E-state index >= 15 is 0 Å². The van der Waals surface area contributed by atoms with E-state index in [1.165, 1.54) is 13.8 Å². The molecule has 0 bridgehead atoms. The first kappa shape index (κ1) is 13.5. The molecule has 1 atom stereocenters. The summed E-state index contributed by atoms with van der Waals surface area (Å²) < 4.78 is 13.4. The first-order valence-corrected chi connectivity index (χ1v) is 5.21. The maximum absolute atomic E-state index is 13.4. The summed E-state index contributed by atoms with van der Waals surface area (Å²) in [6.07, 6.45) is 1.31. The lowest BCUT2D eigenvalue weighted by Gasteiger charge is -2.23. The second-order valence-electron chi connectivity index (χ2n) is 3.95. The van der Waals surface area contributed by atoms with Gasteiger partial charge in [-0.2, -0.15) is 0 Å². The number of halogens is 1. The number of carboxylic acid groups (broad SMARTS) is 1. The molecular weight excluding hydrogens is 203 g/mol. The van der Waals surface area contributed by atoms with E-state index in [4.69, 9.17) is 5.11 Å². The van der Waals surface area contributed by atoms with Gasteiger partial charge in [0.05, 0.1) is 5.41 Å². The highest BCUT2D eigenvalue weighted by atomic mass is 32.1. The van der Waals surface area contributed by atoms with Gasteiger partial charge in [0.25, 0.3) is 0 Å². The van der Waals surface area contributed by atoms with Crippen LogP contribution in [0.25, 0.3) is 0 Å². The lowest BCUT2D eigenvalue weighted by molar-refractivity contribution is -0.150. The Bertz CT molecular complexity index is 204. The van der Waals surface area contributed by atoms with E-state index in [0.717, 1.165) is 12.8 Å².